The van der Waals surface area contributed by atoms with Gasteiger partial charge >= 0.3 is 0 Å². The minimum Gasteiger partial charge on any atom is -0.207 e. The molecule has 21 heavy (non-hydrogen) atoms. The Hall–Kier alpha value is -0.650. The fraction of sp³-hybridized carbons (Fsp3) is 0.600. The van der Waals surface area contributed by atoms with Crippen LogP contribution in [0.2, 0.25) is 0 Å². The van der Waals surface area contributed by atoms with Crippen molar-refractivity contribution in [3.05, 3.63) is 29.6 Å². The lowest BCUT2D eigenvalue weighted by Crippen LogP contribution is -2.32. The van der Waals surface area contributed by atoms with Gasteiger partial charge in [0, 0.05) is 19.0 Å². The van der Waals surface area contributed by atoms with Crippen LogP contribution in [0, 0.1) is 11.7 Å². The molecule has 1 aliphatic heterocycles. The monoisotopic (exact) mass is 333 g/mol. The summed E-state index contributed by atoms with van der Waals surface area (Å²) < 4.78 is 40.5. The van der Waals surface area contributed by atoms with Crippen LogP contribution in [0.1, 0.15) is 38.2 Å². The van der Waals surface area contributed by atoms with Crippen molar-refractivity contribution in [3.63, 3.8) is 0 Å². The van der Waals surface area contributed by atoms with Crippen molar-refractivity contribution in [1.82, 2.24) is 4.31 Å². The SMILES string of the molecule is CCC1CCCN(S(=O)(=O)c2cc(F)ccc2CCl)CC1. The highest BCUT2D eigenvalue weighted by molar-refractivity contribution is 7.89. The van der Waals surface area contributed by atoms with Crippen LogP contribution in [-0.4, -0.2) is 25.8 Å². The molecule has 3 nitrogen and oxygen atoms in total. The molecule has 1 fully saturated rings. The first-order chi connectivity index (χ1) is 9.98. The zero-order chi connectivity index (χ0) is 15.5. The van der Waals surface area contributed by atoms with Crippen LogP contribution in [0.15, 0.2) is 23.1 Å². The number of rotatable bonds is 4. The quantitative estimate of drug-likeness (QED) is 0.787. The zero-order valence-electron chi connectivity index (χ0n) is 12.2. The average molecular weight is 334 g/mol. The summed E-state index contributed by atoms with van der Waals surface area (Å²) >= 11 is 5.80. The lowest BCUT2D eigenvalue weighted by Gasteiger charge is -2.21. The number of alkyl halides is 1. The van der Waals surface area contributed by atoms with Crippen molar-refractivity contribution in [3.8, 4) is 0 Å². The standard InChI is InChI=1S/C15H21ClFNO2S/c1-2-12-4-3-8-18(9-7-12)21(19,20)15-10-14(17)6-5-13(15)11-16/h5-6,10,12H,2-4,7-9,11H2,1H3. The molecule has 0 N–H and O–H groups in total. The van der Waals surface area contributed by atoms with Gasteiger partial charge in [0.1, 0.15) is 5.82 Å². The summed E-state index contributed by atoms with van der Waals surface area (Å²) in [5.41, 5.74) is 0.453. The van der Waals surface area contributed by atoms with Gasteiger partial charge in [0.05, 0.1) is 4.90 Å². The Morgan fingerprint density at radius 1 is 1.33 bits per heavy atom. The minimum absolute atomic E-state index is 0.00690. The third-order valence-electron chi connectivity index (χ3n) is 4.17. The summed E-state index contributed by atoms with van der Waals surface area (Å²) in [4.78, 5) is 0.00690. The molecule has 0 spiro atoms. The molecule has 0 radical (unpaired) electrons. The molecule has 0 amide bonds. The van der Waals surface area contributed by atoms with Gasteiger partial charge in [0.25, 0.3) is 0 Å². The molecular weight excluding hydrogens is 313 g/mol. The summed E-state index contributed by atoms with van der Waals surface area (Å²) in [6.07, 6.45) is 3.83. The molecule has 1 heterocycles. The number of hydrogen-bond acceptors (Lipinski definition) is 2. The van der Waals surface area contributed by atoms with E-state index < -0.39 is 15.8 Å². The van der Waals surface area contributed by atoms with E-state index >= 15 is 0 Å². The van der Waals surface area contributed by atoms with Gasteiger partial charge in [-0.2, -0.15) is 4.31 Å². The molecule has 1 unspecified atom stereocenters. The molecule has 118 valence electrons. The molecular formula is C15H21ClFNO2S. The van der Waals surface area contributed by atoms with Crippen molar-refractivity contribution < 1.29 is 12.8 Å². The summed E-state index contributed by atoms with van der Waals surface area (Å²) in [5.74, 6) is 0.0780. The van der Waals surface area contributed by atoms with Crippen LogP contribution in [0.3, 0.4) is 0 Å². The minimum atomic E-state index is -3.67. The summed E-state index contributed by atoms with van der Waals surface area (Å²) in [6, 6.07) is 3.77. The molecule has 1 aromatic carbocycles. The van der Waals surface area contributed by atoms with Crippen LogP contribution < -0.4 is 0 Å². The summed E-state index contributed by atoms with van der Waals surface area (Å²) in [6.45, 7) is 3.13. The van der Waals surface area contributed by atoms with Gasteiger partial charge in [0.2, 0.25) is 10.0 Å². The van der Waals surface area contributed by atoms with E-state index in [0.29, 0.717) is 24.6 Å². The largest absolute Gasteiger partial charge is 0.243 e. The average Bonchev–Trinajstić information content (AvgIpc) is 2.73. The lowest BCUT2D eigenvalue weighted by molar-refractivity contribution is 0.407. The molecule has 0 saturated carbocycles. The predicted octanol–water partition coefficient (Wildman–Crippen LogP) is 3.77. The van der Waals surface area contributed by atoms with E-state index in [1.54, 1.807) is 0 Å². The topological polar surface area (TPSA) is 37.4 Å². The van der Waals surface area contributed by atoms with Crippen molar-refractivity contribution >= 4 is 21.6 Å². The predicted molar refractivity (Wildman–Crippen MR) is 82.3 cm³/mol. The second kappa shape index (κ2) is 7.07. The first-order valence-corrected chi connectivity index (χ1v) is 9.31. The van der Waals surface area contributed by atoms with E-state index in [1.165, 1.54) is 16.4 Å². The molecule has 1 aliphatic rings. The van der Waals surface area contributed by atoms with Gasteiger partial charge in [0.15, 0.2) is 0 Å². The summed E-state index contributed by atoms with van der Waals surface area (Å²) in [7, 11) is -3.67. The van der Waals surface area contributed by atoms with E-state index in [-0.39, 0.29) is 10.8 Å². The number of halogens is 2. The van der Waals surface area contributed by atoms with Crippen molar-refractivity contribution in [2.45, 2.75) is 43.4 Å². The van der Waals surface area contributed by atoms with Crippen LogP contribution >= 0.6 is 11.6 Å². The Kier molecular flexibility index (Phi) is 5.63. The molecule has 1 saturated heterocycles. The maximum Gasteiger partial charge on any atom is 0.243 e. The van der Waals surface area contributed by atoms with E-state index in [0.717, 1.165) is 31.7 Å². The Morgan fingerprint density at radius 2 is 2.10 bits per heavy atom. The van der Waals surface area contributed by atoms with E-state index in [4.69, 9.17) is 11.6 Å². The Morgan fingerprint density at radius 3 is 2.76 bits per heavy atom. The van der Waals surface area contributed by atoms with E-state index in [9.17, 15) is 12.8 Å². The molecule has 0 bridgehead atoms. The number of hydrogen-bond donors (Lipinski definition) is 0. The number of nitrogens with zero attached hydrogens (tertiary/aromatic N) is 1. The molecule has 6 heteroatoms. The number of benzene rings is 1. The zero-order valence-corrected chi connectivity index (χ0v) is 13.8. The van der Waals surface area contributed by atoms with Gasteiger partial charge in [-0.1, -0.05) is 19.4 Å². The van der Waals surface area contributed by atoms with Crippen molar-refractivity contribution in [2.24, 2.45) is 5.92 Å². The highest BCUT2D eigenvalue weighted by Gasteiger charge is 2.29. The normalized spacial score (nSPS) is 21.2. The highest BCUT2D eigenvalue weighted by Crippen LogP contribution is 2.27. The fourth-order valence-electron chi connectivity index (χ4n) is 2.81. The number of sulfonamides is 1. The van der Waals surface area contributed by atoms with Gasteiger partial charge in [-0.3, -0.25) is 0 Å². The highest BCUT2D eigenvalue weighted by atomic mass is 35.5. The fourth-order valence-corrected chi connectivity index (χ4v) is 4.84. The molecule has 1 atom stereocenters. The molecule has 1 aromatic rings. The van der Waals surface area contributed by atoms with E-state index in [2.05, 4.69) is 6.92 Å². The van der Waals surface area contributed by atoms with Gasteiger partial charge in [-0.05, 0) is 42.9 Å². The third kappa shape index (κ3) is 3.76. The second-order valence-corrected chi connectivity index (χ2v) is 7.67. The Labute approximate surface area is 131 Å². The van der Waals surface area contributed by atoms with Gasteiger partial charge in [-0.25, -0.2) is 12.8 Å². The lowest BCUT2D eigenvalue weighted by atomic mass is 9.98. The molecule has 0 aliphatic carbocycles. The van der Waals surface area contributed by atoms with E-state index in [1.807, 2.05) is 0 Å². The van der Waals surface area contributed by atoms with Crippen LogP contribution in [0.4, 0.5) is 4.39 Å². The van der Waals surface area contributed by atoms with Gasteiger partial charge < -0.3 is 0 Å². The maximum atomic E-state index is 13.5. The molecule has 0 aromatic heterocycles. The third-order valence-corrected chi connectivity index (χ3v) is 6.44. The van der Waals surface area contributed by atoms with Crippen LogP contribution in [0.25, 0.3) is 0 Å². The smallest absolute Gasteiger partial charge is 0.207 e. The van der Waals surface area contributed by atoms with Crippen LogP contribution in [-0.2, 0) is 15.9 Å². The Balaban J connectivity index is 2.31. The van der Waals surface area contributed by atoms with Crippen molar-refractivity contribution in [2.75, 3.05) is 13.1 Å². The van der Waals surface area contributed by atoms with Gasteiger partial charge in [-0.15, -0.1) is 11.6 Å². The van der Waals surface area contributed by atoms with Crippen molar-refractivity contribution in [1.29, 1.82) is 0 Å². The first kappa shape index (κ1) is 16.7. The first-order valence-electron chi connectivity index (χ1n) is 7.33. The Bertz CT molecular complexity index is 591. The second-order valence-electron chi connectivity index (χ2n) is 5.49. The molecule has 2 rings (SSSR count). The summed E-state index contributed by atoms with van der Waals surface area (Å²) in [5, 5.41) is 0. The maximum absolute atomic E-state index is 13.5. The van der Waals surface area contributed by atoms with Crippen LogP contribution in [0.5, 0.6) is 0 Å².